The van der Waals surface area contributed by atoms with Gasteiger partial charge in [-0.3, -0.25) is 13.2 Å². The third-order valence-corrected chi connectivity index (χ3v) is 0.788. The Balaban J connectivity index is -0.000000136. The zero-order valence-electron chi connectivity index (χ0n) is 7.48. The molecule has 1 aliphatic heterocycles. The molecule has 0 atom stereocenters. The summed E-state index contributed by atoms with van der Waals surface area (Å²) in [4.78, 5) is 10.0. The fourth-order valence-corrected chi connectivity index (χ4v) is 0.475. The van der Waals surface area contributed by atoms with E-state index in [2.05, 4.69) is 4.74 Å². The molecule has 0 aromatic rings. The van der Waals surface area contributed by atoms with E-state index in [0.29, 0.717) is 13.0 Å². The fraction of sp³-hybridized carbons (Fsp3) is 0.750. The predicted molar refractivity (Wildman–Crippen MR) is 30.7 cm³/mol. The second-order valence-electron chi connectivity index (χ2n) is 1.73. The topological polar surface area (TPSA) is 107 Å². The van der Waals surface area contributed by atoms with Gasteiger partial charge in [0, 0.05) is 16.8 Å². The first-order valence-corrected chi connectivity index (χ1v) is 4.05. The minimum absolute atomic E-state index is 0. The smallest absolute Gasteiger partial charge is 0.759 e. The summed E-state index contributed by atoms with van der Waals surface area (Å²) < 4.78 is 38.6. The summed E-state index contributed by atoms with van der Waals surface area (Å²) in [5.74, 6) is -0.0463. The molecule has 6 nitrogen and oxygen atoms in total. The molecule has 0 radical (unpaired) electrons. The van der Waals surface area contributed by atoms with Gasteiger partial charge in [-0.05, 0) is 6.42 Å². The SMILES string of the molecule is O=C1CCCO1.O=S(=O)([O-])[O-].[Na+].[Na+]. The Labute approximate surface area is 121 Å². The first-order valence-electron chi connectivity index (χ1n) is 2.72. The summed E-state index contributed by atoms with van der Waals surface area (Å²) in [7, 11) is -5.17. The van der Waals surface area contributed by atoms with Gasteiger partial charge >= 0.3 is 65.1 Å². The summed E-state index contributed by atoms with van der Waals surface area (Å²) in [5.41, 5.74) is 0. The molecular weight excluding hydrogens is 222 g/mol. The van der Waals surface area contributed by atoms with E-state index in [1.807, 2.05) is 0 Å². The summed E-state index contributed by atoms with van der Waals surface area (Å²) >= 11 is 0. The largest absolute Gasteiger partial charge is 1.00 e. The number of ether oxygens (including phenoxy) is 1. The molecule has 1 saturated heterocycles. The Morgan fingerprint density at radius 3 is 1.69 bits per heavy atom. The van der Waals surface area contributed by atoms with E-state index < -0.39 is 10.4 Å². The van der Waals surface area contributed by atoms with Gasteiger partial charge in [-0.15, -0.1) is 0 Å². The molecule has 0 N–H and O–H groups in total. The van der Waals surface area contributed by atoms with Crippen molar-refractivity contribution in [3.63, 3.8) is 0 Å². The third-order valence-electron chi connectivity index (χ3n) is 0.788. The van der Waals surface area contributed by atoms with Gasteiger partial charge in [0.15, 0.2) is 0 Å². The Morgan fingerprint density at radius 2 is 1.62 bits per heavy atom. The molecule has 0 aliphatic carbocycles. The molecule has 1 fully saturated rings. The van der Waals surface area contributed by atoms with Crippen LogP contribution >= 0.6 is 0 Å². The zero-order chi connectivity index (χ0) is 8.91. The van der Waals surface area contributed by atoms with Gasteiger partial charge in [-0.25, -0.2) is 0 Å². The normalized spacial score (nSPS) is 14.2. The van der Waals surface area contributed by atoms with Crippen molar-refractivity contribution in [2.75, 3.05) is 6.61 Å². The van der Waals surface area contributed by atoms with Crippen molar-refractivity contribution in [1.82, 2.24) is 0 Å². The minimum Gasteiger partial charge on any atom is -0.759 e. The van der Waals surface area contributed by atoms with Crippen LogP contribution in [0, 0.1) is 0 Å². The molecular formula is C4H6Na2O6S. The zero-order valence-corrected chi connectivity index (χ0v) is 12.3. The molecule has 0 bridgehead atoms. The monoisotopic (exact) mass is 228 g/mol. The first kappa shape index (κ1) is 19.8. The van der Waals surface area contributed by atoms with Crippen LogP contribution in [0.4, 0.5) is 0 Å². The number of hydrogen-bond donors (Lipinski definition) is 0. The van der Waals surface area contributed by atoms with E-state index in [1.54, 1.807) is 0 Å². The van der Waals surface area contributed by atoms with Crippen molar-refractivity contribution in [2.45, 2.75) is 12.8 Å². The van der Waals surface area contributed by atoms with E-state index >= 15 is 0 Å². The van der Waals surface area contributed by atoms with Gasteiger partial charge in [0.05, 0.1) is 6.61 Å². The van der Waals surface area contributed by atoms with Crippen molar-refractivity contribution < 1.29 is 86.2 Å². The maximum Gasteiger partial charge on any atom is 1.00 e. The second-order valence-corrected chi connectivity index (χ2v) is 2.55. The molecule has 1 heterocycles. The van der Waals surface area contributed by atoms with Crippen molar-refractivity contribution in [2.24, 2.45) is 0 Å². The minimum atomic E-state index is -5.17. The molecule has 0 aromatic heterocycles. The van der Waals surface area contributed by atoms with Crippen LogP contribution in [0.3, 0.4) is 0 Å². The maximum absolute atomic E-state index is 10.0. The van der Waals surface area contributed by atoms with Crippen LogP contribution in [0.5, 0.6) is 0 Å². The van der Waals surface area contributed by atoms with Gasteiger partial charge in [0.1, 0.15) is 0 Å². The average Bonchev–Trinajstić information content (AvgIpc) is 2.12. The molecule has 0 saturated carbocycles. The van der Waals surface area contributed by atoms with Gasteiger partial charge in [0.2, 0.25) is 0 Å². The van der Waals surface area contributed by atoms with Gasteiger partial charge < -0.3 is 13.8 Å². The number of rotatable bonds is 0. The standard InChI is InChI=1S/C4H6O2.2Na.H2O4S/c5-4-2-1-3-6-4;;;1-5(2,3)4/h1-3H2;;;(H2,1,2,3,4)/q;2*+1;/p-2. The number of carbonyl (C=O) groups excluding carboxylic acids is 1. The average molecular weight is 228 g/mol. The van der Waals surface area contributed by atoms with Crippen molar-refractivity contribution in [3.8, 4) is 0 Å². The molecule has 0 amide bonds. The van der Waals surface area contributed by atoms with Gasteiger partial charge in [-0.2, -0.15) is 0 Å². The Hall–Kier alpha value is 1.34. The van der Waals surface area contributed by atoms with Crippen molar-refractivity contribution >= 4 is 16.4 Å². The van der Waals surface area contributed by atoms with Crippen LogP contribution < -0.4 is 59.1 Å². The molecule has 66 valence electrons. The quantitative estimate of drug-likeness (QED) is 0.176. The summed E-state index contributed by atoms with van der Waals surface area (Å²) in [6.45, 7) is 0.638. The fourth-order valence-electron chi connectivity index (χ4n) is 0.475. The van der Waals surface area contributed by atoms with Crippen molar-refractivity contribution in [3.05, 3.63) is 0 Å². The second kappa shape index (κ2) is 9.88. The molecule has 1 rings (SSSR count). The van der Waals surface area contributed by atoms with Gasteiger partial charge in [0.25, 0.3) is 0 Å². The summed E-state index contributed by atoms with van der Waals surface area (Å²) in [5, 5.41) is 0. The van der Waals surface area contributed by atoms with E-state index in [4.69, 9.17) is 17.5 Å². The molecule has 13 heavy (non-hydrogen) atoms. The molecule has 0 aromatic carbocycles. The number of cyclic esters (lactones) is 1. The molecule has 0 spiro atoms. The van der Waals surface area contributed by atoms with Crippen LogP contribution in [0.15, 0.2) is 0 Å². The number of hydrogen-bond acceptors (Lipinski definition) is 6. The number of esters is 1. The summed E-state index contributed by atoms with van der Waals surface area (Å²) in [6.07, 6.45) is 1.54. The molecule has 9 heteroatoms. The first-order chi connectivity index (χ1) is 4.89. The van der Waals surface area contributed by atoms with E-state index in [-0.39, 0.29) is 65.1 Å². The molecule has 0 unspecified atom stereocenters. The van der Waals surface area contributed by atoms with E-state index in [1.165, 1.54) is 0 Å². The van der Waals surface area contributed by atoms with E-state index in [9.17, 15) is 4.79 Å². The van der Waals surface area contributed by atoms with Crippen LogP contribution in [-0.4, -0.2) is 30.1 Å². The van der Waals surface area contributed by atoms with Crippen LogP contribution in [0.2, 0.25) is 0 Å². The Morgan fingerprint density at radius 1 is 1.23 bits per heavy atom. The Bertz CT molecular complexity index is 209. The maximum atomic E-state index is 10.0. The van der Waals surface area contributed by atoms with E-state index in [0.717, 1.165) is 6.42 Å². The third kappa shape index (κ3) is 24.7. The Kier molecular flexibility index (Phi) is 15.1. The number of carbonyl (C=O) groups is 1. The van der Waals surface area contributed by atoms with Crippen LogP contribution in [0.25, 0.3) is 0 Å². The van der Waals surface area contributed by atoms with Crippen molar-refractivity contribution in [1.29, 1.82) is 0 Å². The predicted octanol–water partition coefficient (Wildman–Crippen LogP) is -7.01. The van der Waals surface area contributed by atoms with Crippen LogP contribution in [-0.2, 0) is 19.9 Å². The molecule has 1 aliphatic rings. The van der Waals surface area contributed by atoms with Crippen LogP contribution in [0.1, 0.15) is 12.8 Å². The summed E-state index contributed by atoms with van der Waals surface area (Å²) in [6, 6.07) is 0. The van der Waals surface area contributed by atoms with Gasteiger partial charge in [-0.1, -0.05) is 0 Å².